The molecule has 0 unspecified atom stereocenters. The summed E-state index contributed by atoms with van der Waals surface area (Å²) in [6.07, 6.45) is 2.73. The molecule has 0 aliphatic carbocycles. The van der Waals surface area contributed by atoms with Crippen LogP contribution in [0.25, 0.3) is 22.4 Å². The van der Waals surface area contributed by atoms with Crippen molar-refractivity contribution in [2.45, 2.75) is 31.9 Å². The fourth-order valence-corrected chi connectivity index (χ4v) is 4.83. The molecule has 0 radical (unpaired) electrons. The molecule has 6 N–H and O–H groups in total. The Morgan fingerprint density at radius 3 is 2.83 bits per heavy atom. The van der Waals surface area contributed by atoms with Gasteiger partial charge in [-0.05, 0) is 61.2 Å². The van der Waals surface area contributed by atoms with Gasteiger partial charge in [-0.3, -0.25) is 4.79 Å². The number of nitrogens with one attached hydrogen (secondary N) is 3. The second kappa shape index (κ2) is 9.73. The number of aromatic nitrogens is 3. The third kappa shape index (κ3) is 4.91. The Morgan fingerprint density at radius 2 is 2.06 bits per heavy atom. The van der Waals surface area contributed by atoms with Crippen LogP contribution in [0.1, 0.15) is 30.1 Å². The van der Waals surface area contributed by atoms with Gasteiger partial charge in [-0.25, -0.2) is 4.98 Å². The summed E-state index contributed by atoms with van der Waals surface area (Å²) in [7, 11) is 0. The molecule has 35 heavy (non-hydrogen) atoms. The Hall–Kier alpha value is -3.33. The average molecular weight is 493 g/mol. The second-order valence-corrected chi connectivity index (χ2v) is 9.55. The molecule has 0 saturated carbocycles. The summed E-state index contributed by atoms with van der Waals surface area (Å²) in [6, 6.07) is 13.3. The number of hydrogen-bond donors (Lipinski definition) is 5. The Bertz CT molecular complexity index is 1410. The molecule has 3 heterocycles. The molecule has 1 aliphatic heterocycles. The van der Waals surface area contributed by atoms with Crippen molar-refractivity contribution in [2.75, 3.05) is 29.9 Å². The van der Waals surface area contributed by atoms with Crippen molar-refractivity contribution in [3.05, 3.63) is 75.2 Å². The van der Waals surface area contributed by atoms with Crippen molar-refractivity contribution in [3.63, 3.8) is 0 Å². The molecule has 8 nitrogen and oxygen atoms in total. The summed E-state index contributed by atoms with van der Waals surface area (Å²) in [6.45, 7) is 4.09. The van der Waals surface area contributed by atoms with Gasteiger partial charge in [-0.1, -0.05) is 23.7 Å². The maximum atomic E-state index is 12.9. The molecule has 4 aromatic rings. The maximum absolute atomic E-state index is 12.9. The van der Waals surface area contributed by atoms with Gasteiger partial charge in [0, 0.05) is 42.6 Å². The van der Waals surface area contributed by atoms with E-state index in [0.29, 0.717) is 27.7 Å². The molecule has 2 aromatic heterocycles. The Morgan fingerprint density at radius 1 is 1.26 bits per heavy atom. The fraction of sp³-hybridized carbons (Fsp3) is 0.308. The molecule has 1 atom stereocenters. The molecule has 9 heteroatoms. The number of halogens is 1. The number of aromatic amines is 2. The normalized spacial score (nSPS) is 15.5. The molecule has 0 bridgehead atoms. The van der Waals surface area contributed by atoms with Crippen LogP contribution in [0.5, 0.6) is 0 Å². The minimum Gasteiger partial charge on any atom is -0.387 e. The number of pyridine rings is 1. The quantitative estimate of drug-likeness (QED) is 0.277. The number of nitrogens with zero attached hydrogens (tertiary/aromatic N) is 2. The molecule has 2 aromatic carbocycles. The van der Waals surface area contributed by atoms with E-state index in [1.54, 1.807) is 30.5 Å². The van der Waals surface area contributed by atoms with E-state index in [1.807, 2.05) is 13.0 Å². The van der Waals surface area contributed by atoms with Crippen LogP contribution >= 0.6 is 11.6 Å². The highest BCUT2D eigenvalue weighted by atomic mass is 35.5. The first-order valence-corrected chi connectivity index (χ1v) is 12.2. The maximum Gasteiger partial charge on any atom is 0.261 e. The van der Waals surface area contributed by atoms with E-state index in [1.165, 1.54) is 0 Å². The summed E-state index contributed by atoms with van der Waals surface area (Å²) in [5.74, 6) is 0.475. The highest BCUT2D eigenvalue weighted by Gasteiger charge is 2.20. The van der Waals surface area contributed by atoms with Crippen molar-refractivity contribution in [1.82, 2.24) is 15.0 Å². The van der Waals surface area contributed by atoms with E-state index >= 15 is 0 Å². The van der Waals surface area contributed by atoms with E-state index in [2.05, 4.69) is 32.3 Å². The minimum atomic E-state index is -0.793. The topological polar surface area (TPSA) is 123 Å². The van der Waals surface area contributed by atoms with Crippen molar-refractivity contribution in [1.29, 1.82) is 0 Å². The van der Waals surface area contributed by atoms with Crippen molar-refractivity contribution in [2.24, 2.45) is 5.73 Å². The van der Waals surface area contributed by atoms with E-state index in [-0.39, 0.29) is 18.1 Å². The number of aliphatic hydroxyl groups excluding tert-OH is 1. The number of nitrogens with two attached hydrogens (primary N) is 1. The van der Waals surface area contributed by atoms with Crippen LogP contribution in [0.4, 0.5) is 11.4 Å². The van der Waals surface area contributed by atoms with Crippen LogP contribution in [-0.4, -0.2) is 45.7 Å². The zero-order valence-electron chi connectivity index (χ0n) is 19.5. The van der Waals surface area contributed by atoms with E-state index < -0.39 is 6.10 Å². The molecular formula is C26H29ClN6O2. The first-order valence-electron chi connectivity index (χ1n) is 11.8. The SMILES string of the molecule is Cc1cc(N2CCC(N)CC2)cc2[nH]c(-c3c(NC[C@@H](O)c4cccc(Cl)c4)cc[nH]c3=O)nc12. The standard InChI is InChI=1S/C26H29ClN6O2/c1-15-11-19(33-9-6-18(28)7-10-33)13-21-24(15)32-25(31-21)23-20(5-8-29-26(23)35)30-14-22(34)16-3-2-4-17(27)12-16/h2-5,8,11-13,18,22,34H,6-7,9-10,14,28H2,1H3,(H,31,32)(H2,29,30,35)/t22-/m1/s1. The van der Waals surface area contributed by atoms with E-state index in [0.717, 1.165) is 48.2 Å². The zero-order valence-corrected chi connectivity index (χ0v) is 20.3. The molecule has 5 rings (SSSR count). The number of benzene rings is 2. The van der Waals surface area contributed by atoms with Crippen molar-refractivity contribution in [3.8, 4) is 11.4 Å². The van der Waals surface area contributed by atoms with Gasteiger partial charge in [0.05, 0.1) is 22.8 Å². The molecule has 0 amide bonds. The highest BCUT2D eigenvalue weighted by Crippen LogP contribution is 2.30. The third-order valence-corrected chi connectivity index (χ3v) is 6.82. The number of H-pyrrole nitrogens is 2. The lowest BCUT2D eigenvalue weighted by atomic mass is 10.0. The second-order valence-electron chi connectivity index (χ2n) is 9.12. The number of imidazole rings is 1. The Labute approximate surface area is 208 Å². The van der Waals surface area contributed by atoms with Gasteiger partial charge in [-0.15, -0.1) is 0 Å². The lowest BCUT2D eigenvalue weighted by Gasteiger charge is -2.32. The summed E-state index contributed by atoms with van der Waals surface area (Å²) in [4.78, 5) is 26.0. The van der Waals surface area contributed by atoms with Crippen LogP contribution in [0.15, 0.2) is 53.5 Å². The van der Waals surface area contributed by atoms with Crippen LogP contribution in [0.2, 0.25) is 5.02 Å². The number of rotatable bonds is 6. The van der Waals surface area contributed by atoms with Crippen LogP contribution in [0, 0.1) is 6.92 Å². The average Bonchev–Trinajstić information content (AvgIpc) is 3.27. The largest absolute Gasteiger partial charge is 0.387 e. The third-order valence-electron chi connectivity index (χ3n) is 6.58. The highest BCUT2D eigenvalue weighted by molar-refractivity contribution is 6.30. The molecule has 1 saturated heterocycles. The summed E-state index contributed by atoms with van der Waals surface area (Å²) in [5.41, 5.74) is 11.3. The van der Waals surface area contributed by atoms with Crippen LogP contribution in [0.3, 0.4) is 0 Å². The van der Waals surface area contributed by atoms with Gasteiger partial charge in [0.2, 0.25) is 0 Å². The summed E-state index contributed by atoms with van der Waals surface area (Å²) >= 11 is 6.05. The number of anilines is 2. The van der Waals surface area contributed by atoms with Gasteiger partial charge >= 0.3 is 0 Å². The summed E-state index contributed by atoms with van der Waals surface area (Å²) < 4.78 is 0. The lowest BCUT2D eigenvalue weighted by molar-refractivity contribution is 0.191. The molecule has 1 aliphatic rings. The monoisotopic (exact) mass is 492 g/mol. The predicted molar refractivity (Wildman–Crippen MR) is 141 cm³/mol. The van der Waals surface area contributed by atoms with Gasteiger partial charge in [-0.2, -0.15) is 0 Å². The molecule has 1 fully saturated rings. The number of piperidine rings is 1. The van der Waals surface area contributed by atoms with E-state index in [9.17, 15) is 9.90 Å². The van der Waals surface area contributed by atoms with Gasteiger partial charge in [0.15, 0.2) is 0 Å². The predicted octanol–water partition coefficient (Wildman–Crippen LogP) is 3.95. The van der Waals surface area contributed by atoms with Crippen molar-refractivity contribution >= 4 is 34.0 Å². The number of hydrogen-bond acceptors (Lipinski definition) is 6. The first-order chi connectivity index (χ1) is 16.9. The zero-order chi connectivity index (χ0) is 24.5. The number of fused-ring (bicyclic) bond motifs is 1. The number of aryl methyl sites for hydroxylation is 1. The molecule has 182 valence electrons. The molecule has 0 spiro atoms. The summed E-state index contributed by atoms with van der Waals surface area (Å²) in [5, 5.41) is 14.4. The fourth-order valence-electron chi connectivity index (χ4n) is 4.63. The molecular weight excluding hydrogens is 464 g/mol. The van der Waals surface area contributed by atoms with Crippen molar-refractivity contribution < 1.29 is 5.11 Å². The lowest BCUT2D eigenvalue weighted by Crippen LogP contribution is -2.39. The van der Waals surface area contributed by atoms with Crippen LogP contribution < -0.4 is 21.5 Å². The van der Waals surface area contributed by atoms with Gasteiger partial charge < -0.3 is 31.0 Å². The van der Waals surface area contributed by atoms with Gasteiger partial charge in [0.1, 0.15) is 11.4 Å². The van der Waals surface area contributed by atoms with E-state index in [4.69, 9.17) is 22.3 Å². The van der Waals surface area contributed by atoms with Crippen LogP contribution in [-0.2, 0) is 0 Å². The Balaban J connectivity index is 1.44. The van der Waals surface area contributed by atoms with Gasteiger partial charge in [0.25, 0.3) is 5.56 Å². The smallest absolute Gasteiger partial charge is 0.261 e. The minimum absolute atomic E-state index is 0.206. The first kappa shape index (κ1) is 23.4. The number of aliphatic hydroxyl groups is 1. The Kier molecular flexibility index (Phi) is 6.51.